The number of aromatic nitrogens is 2. The number of nitrogens with zero attached hydrogens (tertiary/aromatic N) is 2. The van der Waals surface area contributed by atoms with E-state index in [1.807, 2.05) is 0 Å². The van der Waals surface area contributed by atoms with Crippen molar-refractivity contribution in [3.8, 4) is 11.5 Å². The monoisotopic (exact) mass is 268 g/mol. The molecule has 0 aliphatic rings. The summed E-state index contributed by atoms with van der Waals surface area (Å²) >= 11 is 5.76. The van der Waals surface area contributed by atoms with Crippen molar-refractivity contribution >= 4 is 11.6 Å². The molecule has 1 heterocycles. The van der Waals surface area contributed by atoms with Gasteiger partial charge in [0.15, 0.2) is 17.3 Å². The Labute approximate surface area is 110 Å². The Morgan fingerprint density at radius 1 is 1.44 bits per heavy atom. The van der Waals surface area contributed by atoms with E-state index < -0.39 is 5.82 Å². The largest absolute Gasteiger partial charge is 0.451 e. The van der Waals surface area contributed by atoms with E-state index in [-0.39, 0.29) is 11.6 Å². The molecule has 0 atom stereocenters. The highest BCUT2D eigenvalue weighted by Crippen LogP contribution is 2.29. The lowest BCUT2D eigenvalue weighted by molar-refractivity contribution is 0.437. The molecule has 5 heteroatoms. The molecule has 0 spiro atoms. The first-order valence-electron chi connectivity index (χ1n) is 5.78. The summed E-state index contributed by atoms with van der Waals surface area (Å²) in [5.74, 6) is 0.468. The fourth-order valence-corrected chi connectivity index (χ4v) is 1.85. The van der Waals surface area contributed by atoms with Gasteiger partial charge in [0.2, 0.25) is 0 Å². The molecule has 0 saturated carbocycles. The van der Waals surface area contributed by atoms with E-state index in [1.54, 1.807) is 29.2 Å². The van der Waals surface area contributed by atoms with Gasteiger partial charge in [-0.05, 0) is 12.5 Å². The van der Waals surface area contributed by atoms with Gasteiger partial charge in [0.25, 0.3) is 0 Å². The first-order chi connectivity index (χ1) is 8.74. The molecule has 0 bridgehead atoms. The van der Waals surface area contributed by atoms with Crippen LogP contribution in [-0.2, 0) is 12.4 Å². The molecule has 0 radical (unpaired) electrons. The van der Waals surface area contributed by atoms with Crippen LogP contribution in [0.25, 0.3) is 0 Å². The van der Waals surface area contributed by atoms with Gasteiger partial charge in [-0.25, -0.2) is 4.39 Å². The summed E-state index contributed by atoms with van der Waals surface area (Å²) in [5.41, 5.74) is 0.625. The zero-order chi connectivity index (χ0) is 13.0. The van der Waals surface area contributed by atoms with Crippen molar-refractivity contribution in [3.05, 3.63) is 42.0 Å². The molecule has 0 fully saturated rings. The smallest absolute Gasteiger partial charge is 0.167 e. The molecule has 18 heavy (non-hydrogen) atoms. The Kier molecular flexibility index (Phi) is 4.20. The van der Waals surface area contributed by atoms with Gasteiger partial charge in [-0.15, -0.1) is 11.6 Å². The second-order valence-electron chi connectivity index (χ2n) is 3.90. The van der Waals surface area contributed by atoms with Crippen LogP contribution in [0.2, 0.25) is 0 Å². The third-order valence-electron chi connectivity index (χ3n) is 2.47. The summed E-state index contributed by atoms with van der Waals surface area (Å²) in [4.78, 5) is 0. The van der Waals surface area contributed by atoms with Crippen molar-refractivity contribution in [1.29, 1.82) is 0 Å². The van der Waals surface area contributed by atoms with Crippen molar-refractivity contribution in [1.82, 2.24) is 9.78 Å². The minimum atomic E-state index is -0.420. The Balaban J connectivity index is 2.22. The summed E-state index contributed by atoms with van der Waals surface area (Å²) in [6, 6.07) is 4.70. The predicted octanol–water partition coefficient (Wildman–Crippen LogP) is 3.96. The van der Waals surface area contributed by atoms with E-state index in [2.05, 4.69) is 12.0 Å². The average Bonchev–Trinajstić information content (AvgIpc) is 2.80. The van der Waals surface area contributed by atoms with Crippen LogP contribution in [-0.4, -0.2) is 9.78 Å². The van der Waals surface area contributed by atoms with Crippen molar-refractivity contribution in [2.75, 3.05) is 0 Å². The summed E-state index contributed by atoms with van der Waals surface area (Å²) in [5, 5.41) is 4.12. The van der Waals surface area contributed by atoms with Gasteiger partial charge in [0.05, 0.1) is 18.3 Å². The molecule has 0 amide bonds. The van der Waals surface area contributed by atoms with E-state index in [1.165, 1.54) is 6.07 Å². The van der Waals surface area contributed by atoms with E-state index in [0.29, 0.717) is 11.3 Å². The second-order valence-corrected chi connectivity index (χ2v) is 4.17. The topological polar surface area (TPSA) is 27.1 Å². The summed E-state index contributed by atoms with van der Waals surface area (Å²) in [6.45, 7) is 2.87. The minimum Gasteiger partial charge on any atom is -0.451 e. The number of ether oxygens (including phenoxy) is 1. The highest BCUT2D eigenvalue weighted by Gasteiger charge is 2.11. The number of aryl methyl sites for hydroxylation is 1. The molecule has 1 aromatic heterocycles. The first-order valence-corrected chi connectivity index (χ1v) is 6.31. The molecule has 0 saturated heterocycles. The Morgan fingerprint density at radius 3 is 3.00 bits per heavy atom. The Bertz CT molecular complexity index is 527. The van der Waals surface area contributed by atoms with E-state index >= 15 is 0 Å². The summed E-state index contributed by atoms with van der Waals surface area (Å²) in [7, 11) is 0. The number of hydrogen-bond donors (Lipinski definition) is 0. The van der Waals surface area contributed by atoms with Gasteiger partial charge in [-0.1, -0.05) is 19.1 Å². The number of hydrogen-bond acceptors (Lipinski definition) is 2. The molecule has 1 aromatic carbocycles. The van der Waals surface area contributed by atoms with Crippen LogP contribution in [0.5, 0.6) is 11.5 Å². The molecular weight excluding hydrogens is 255 g/mol. The highest BCUT2D eigenvalue weighted by atomic mass is 35.5. The maximum atomic E-state index is 13.7. The third kappa shape index (κ3) is 2.82. The fourth-order valence-electron chi connectivity index (χ4n) is 1.64. The van der Waals surface area contributed by atoms with Crippen molar-refractivity contribution in [3.63, 3.8) is 0 Å². The van der Waals surface area contributed by atoms with Crippen LogP contribution < -0.4 is 4.74 Å². The molecule has 96 valence electrons. The van der Waals surface area contributed by atoms with Crippen LogP contribution in [0, 0.1) is 5.82 Å². The molecule has 0 unspecified atom stereocenters. The first kappa shape index (κ1) is 12.9. The number of alkyl halides is 1. The predicted molar refractivity (Wildman–Crippen MR) is 68.5 cm³/mol. The van der Waals surface area contributed by atoms with Crippen molar-refractivity contribution < 1.29 is 9.13 Å². The standard InChI is InChI=1S/C13H14ClFN2O/c1-2-6-17-9-11(8-16-17)18-13-10(7-14)4-3-5-12(13)15/h3-5,8-9H,2,6-7H2,1H3. The number of halogens is 2. The van der Waals surface area contributed by atoms with E-state index in [9.17, 15) is 4.39 Å². The molecular formula is C13H14ClFN2O. The van der Waals surface area contributed by atoms with Gasteiger partial charge in [-0.3, -0.25) is 4.68 Å². The molecule has 0 N–H and O–H groups in total. The molecule has 2 aromatic rings. The quantitative estimate of drug-likeness (QED) is 0.768. The van der Waals surface area contributed by atoms with Crippen LogP contribution >= 0.6 is 11.6 Å². The summed E-state index contributed by atoms with van der Waals surface area (Å²) in [6.07, 6.45) is 4.29. The van der Waals surface area contributed by atoms with Crippen LogP contribution in [0.3, 0.4) is 0 Å². The second kappa shape index (κ2) is 5.87. The highest BCUT2D eigenvalue weighted by molar-refractivity contribution is 6.17. The van der Waals surface area contributed by atoms with Crippen LogP contribution in [0.1, 0.15) is 18.9 Å². The lowest BCUT2D eigenvalue weighted by Gasteiger charge is -2.08. The molecule has 2 rings (SSSR count). The third-order valence-corrected chi connectivity index (χ3v) is 2.76. The van der Waals surface area contributed by atoms with Crippen molar-refractivity contribution in [2.45, 2.75) is 25.8 Å². The van der Waals surface area contributed by atoms with Gasteiger partial charge in [0, 0.05) is 12.1 Å². The fraction of sp³-hybridized carbons (Fsp3) is 0.308. The normalized spacial score (nSPS) is 10.6. The number of benzene rings is 1. The zero-order valence-electron chi connectivity index (χ0n) is 10.1. The molecule has 3 nitrogen and oxygen atoms in total. The van der Waals surface area contributed by atoms with Crippen LogP contribution in [0.15, 0.2) is 30.6 Å². The van der Waals surface area contributed by atoms with Gasteiger partial charge in [0.1, 0.15) is 0 Å². The van der Waals surface area contributed by atoms with Gasteiger partial charge in [-0.2, -0.15) is 5.10 Å². The lowest BCUT2D eigenvalue weighted by atomic mass is 10.2. The lowest BCUT2D eigenvalue weighted by Crippen LogP contribution is -1.96. The van der Waals surface area contributed by atoms with E-state index in [4.69, 9.17) is 16.3 Å². The number of rotatable bonds is 5. The Morgan fingerprint density at radius 2 is 2.28 bits per heavy atom. The van der Waals surface area contributed by atoms with Crippen molar-refractivity contribution in [2.24, 2.45) is 0 Å². The molecule has 0 aliphatic carbocycles. The van der Waals surface area contributed by atoms with Gasteiger partial charge < -0.3 is 4.74 Å². The molecule has 0 aliphatic heterocycles. The van der Waals surface area contributed by atoms with Gasteiger partial charge >= 0.3 is 0 Å². The zero-order valence-corrected chi connectivity index (χ0v) is 10.8. The number of para-hydroxylation sites is 1. The SMILES string of the molecule is CCCn1cc(Oc2c(F)cccc2CCl)cn1. The average molecular weight is 269 g/mol. The van der Waals surface area contributed by atoms with E-state index in [0.717, 1.165) is 13.0 Å². The maximum absolute atomic E-state index is 13.7. The minimum absolute atomic E-state index is 0.170. The maximum Gasteiger partial charge on any atom is 0.167 e. The van der Waals surface area contributed by atoms with Crippen LogP contribution in [0.4, 0.5) is 4.39 Å². The Hall–Kier alpha value is -1.55. The summed E-state index contributed by atoms with van der Waals surface area (Å²) < 4.78 is 20.9.